The van der Waals surface area contributed by atoms with Gasteiger partial charge in [-0.3, -0.25) is 19.5 Å². The second-order valence-corrected chi connectivity index (χ2v) is 10.3. The van der Waals surface area contributed by atoms with Crippen molar-refractivity contribution in [2.75, 3.05) is 10.6 Å². The van der Waals surface area contributed by atoms with Crippen molar-refractivity contribution in [2.24, 2.45) is 0 Å². The molecule has 0 fully saturated rings. The molecular formula is C24H27FN4O4S. The summed E-state index contributed by atoms with van der Waals surface area (Å²) in [7, 11) is 0. The molecule has 2 amide bonds. The topological polar surface area (TPSA) is 102 Å². The lowest BCUT2D eigenvalue weighted by Crippen LogP contribution is -2.28. The van der Waals surface area contributed by atoms with E-state index in [0.29, 0.717) is 5.39 Å². The highest BCUT2D eigenvalue weighted by Crippen LogP contribution is 2.33. The summed E-state index contributed by atoms with van der Waals surface area (Å²) in [6, 6.07) is 3.63. The van der Waals surface area contributed by atoms with Gasteiger partial charge in [0.1, 0.15) is 16.2 Å². The monoisotopic (exact) mass is 486 g/mol. The van der Waals surface area contributed by atoms with Crippen LogP contribution in [0.1, 0.15) is 50.5 Å². The first-order valence-electron chi connectivity index (χ1n) is 11.2. The van der Waals surface area contributed by atoms with Crippen molar-refractivity contribution in [3.8, 4) is 0 Å². The molecule has 0 radical (unpaired) electrons. The Labute approximate surface area is 200 Å². The van der Waals surface area contributed by atoms with E-state index in [1.54, 1.807) is 32.1 Å². The number of carbonyl (C=O) groups is 2. The first-order valence-corrected chi connectivity index (χ1v) is 12.0. The Bertz CT molecular complexity index is 1310. The average Bonchev–Trinajstić information content (AvgIpc) is 3.13. The number of fused-ring (bicyclic) bond motifs is 3. The first kappa shape index (κ1) is 23.9. The van der Waals surface area contributed by atoms with Gasteiger partial charge in [-0.1, -0.05) is 0 Å². The van der Waals surface area contributed by atoms with Crippen molar-refractivity contribution in [1.82, 2.24) is 9.55 Å². The van der Waals surface area contributed by atoms with Crippen LogP contribution in [0.15, 0.2) is 29.3 Å². The lowest BCUT2D eigenvalue weighted by molar-refractivity contribution is -0.116. The molecule has 8 nitrogen and oxygen atoms in total. The van der Waals surface area contributed by atoms with Gasteiger partial charge >= 0.3 is 6.09 Å². The highest BCUT2D eigenvalue weighted by atomic mass is 32.1. The summed E-state index contributed by atoms with van der Waals surface area (Å²) >= 11 is 1.58. The van der Waals surface area contributed by atoms with Crippen LogP contribution < -0.4 is 16.2 Å². The number of aromatic nitrogens is 2. The fourth-order valence-electron chi connectivity index (χ4n) is 3.92. The van der Waals surface area contributed by atoms with Crippen LogP contribution in [0.5, 0.6) is 0 Å². The smallest absolute Gasteiger partial charge is 0.412 e. The fourth-order valence-corrected chi connectivity index (χ4v) is 5.14. The Balaban J connectivity index is 1.46. The number of anilines is 2. The van der Waals surface area contributed by atoms with Gasteiger partial charge in [-0.05, 0) is 70.2 Å². The number of carbonyl (C=O) groups excluding carboxylic acids is 2. The normalized spacial score (nSPS) is 13.4. The summed E-state index contributed by atoms with van der Waals surface area (Å²) in [5, 5.41) is 5.79. The summed E-state index contributed by atoms with van der Waals surface area (Å²) in [6.07, 6.45) is 4.76. The third-order valence-electron chi connectivity index (χ3n) is 5.41. The van der Waals surface area contributed by atoms with E-state index < -0.39 is 23.4 Å². The summed E-state index contributed by atoms with van der Waals surface area (Å²) < 4.78 is 20.5. The number of rotatable bonds is 5. The molecule has 10 heteroatoms. The number of benzene rings is 1. The Hall–Kier alpha value is -3.27. The molecule has 1 aliphatic rings. The van der Waals surface area contributed by atoms with E-state index in [1.807, 2.05) is 0 Å². The number of hydrogen-bond acceptors (Lipinski definition) is 6. The van der Waals surface area contributed by atoms with Crippen molar-refractivity contribution in [2.45, 2.75) is 65.0 Å². The highest BCUT2D eigenvalue weighted by Gasteiger charge is 2.21. The van der Waals surface area contributed by atoms with Crippen molar-refractivity contribution < 1.29 is 18.7 Å². The van der Waals surface area contributed by atoms with Gasteiger partial charge < -0.3 is 10.1 Å². The number of amides is 2. The lowest BCUT2D eigenvalue weighted by atomic mass is 9.97. The van der Waals surface area contributed by atoms with Crippen LogP contribution in [0.4, 0.5) is 20.6 Å². The van der Waals surface area contributed by atoms with E-state index in [2.05, 4.69) is 15.6 Å². The maximum atomic E-state index is 13.8. The van der Waals surface area contributed by atoms with Gasteiger partial charge in [0.2, 0.25) is 5.91 Å². The second-order valence-electron chi connectivity index (χ2n) is 9.25. The van der Waals surface area contributed by atoms with Gasteiger partial charge in [0.15, 0.2) is 0 Å². The average molecular weight is 487 g/mol. The van der Waals surface area contributed by atoms with Gasteiger partial charge in [-0.15, -0.1) is 11.3 Å². The Morgan fingerprint density at radius 1 is 1.18 bits per heavy atom. The molecule has 1 aromatic carbocycles. The number of thiophene rings is 1. The number of ether oxygens (including phenoxy) is 1. The third kappa shape index (κ3) is 5.44. The summed E-state index contributed by atoms with van der Waals surface area (Å²) in [5.74, 6) is -1.00. The zero-order valence-electron chi connectivity index (χ0n) is 19.4. The van der Waals surface area contributed by atoms with Crippen LogP contribution in [0.3, 0.4) is 0 Å². The van der Waals surface area contributed by atoms with Crippen LogP contribution in [0.25, 0.3) is 10.2 Å². The molecule has 2 heterocycles. The molecule has 0 saturated carbocycles. The summed E-state index contributed by atoms with van der Waals surface area (Å²) in [4.78, 5) is 44.2. The molecule has 3 aromatic rings. The summed E-state index contributed by atoms with van der Waals surface area (Å²) in [6.45, 7) is 5.29. The lowest BCUT2D eigenvalue weighted by Gasteiger charge is -2.20. The maximum absolute atomic E-state index is 13.8. The fraction of sp³-hybridized carbons (Fsp3) is 0.417. The Morgan fingerprint density at radius 2 is 1.94 bits per heavy atom. The van der Waals surface area contributed by atoms with Crippen molar-refractivity contribution >= 4 is 44.9 Å². The molecule has 0 saturated heterocycles. The Kier molecular flexibility index (Phi) is 6.70. The summed E-state index contributed by atoms with van der Waals surface area (Å²) in [5.41, 5.74) is 0.547. The molecule has 2 N–H and O–H groups in total. The molecule has 2 aromatic heterocycles. The molecule has 0 aliphatic heterocycles. The number of halogens is 1. The maximum Gasteiger partial charge on any atom is 0.412 e. The molecule has 1 aliphatic carbocycles. The van der Waals surface area contributed by atoms with Crippen LogP contribution in [0, 0.1) is 5.82 Å². The number of hydrogen-bond donors (Lipinski definition) is 2. The van der Waals surface area contributed by atoms with Crippen LogP contribution in [-0.4, -0.2) is 27.2 Å². The molecule has 0 atom stereocenters. The third-order valence-corrected chi connectivity index (χ3v) is 6.61. The predicted molar refractivity (Wildman–Crippen MR) is 130 cm³/mol. The van der Waals surface area contributed by atoms with Gasteiger partial charge in [-0.25, -0.2) is 14.2 Å². The van der Waals surface area contributed by atoms with Gasteiger partial charge in [0.05, 0.1) is 23.1 Å². The number of nitrogens with one attached hydrogen (secondary N) is 2. The van der Waals surface area contributed by atoms with Crippen LogP contribution >= 0.6 is 11.3 Å². The minimum absolute atomic E-state index is 0.0260. The van der Waals surface area contributed by atoms with Crippen molar-refractivity contribution in [1.29, 1.82) is 0 Å². The first-order chi connectivity index (χ1) is 16.1. The minimum atomic E-state index is -0.723. The molecule has 0 bridgehead atoms. The SMILES string of the molecule is CC(C)(C)OC(=O)Nc1ccc(F)cc1NC(=O)CCn1cnc2sc3c(c2c1=O)CCCC3. The van der Waals surface area contributed by atoms with Crippen molar-refractivity contribution in [3.63, 3.8) is 0 Å². The largest absolute Gasteiger partial charge is 0.444 e. The van der Waals surface area contributed by atoms with Crippen molar-refractivity contribution in [3.05, 3.63) is 51.1 Å². The highest BCUT2D eigenvalue weighted by molar-refractivity contribution is 7.18. The van der Waals surface area contributed by atoms with Gasteiger partial charge in [0.25, 0.3) is 5.56 Å². The van der Waals surface area contributed by atoms with Crippen LogP contribution in [-0.2, 0) is 28.9 Å². The minimum Gasteiger partial charge on any atom is -0.444 e. The zero-order valence-corrected chi connectivity index (χ0v) is 20.2. The molecule has 0 unspecified atom stereocenters. The zero-order chi connectivity index (χ0) is 24.5. The van der Waals surface area contributed by atoms with E-state index >= 15 is 0 Å². The molecule has 34 heavy (non-hydrogen) atoms. The molecule has 180 valence electrons. The number of aryl methyl sites for hydroxylation is 3. The van der Waals surface area contributed by atoms with E-state index in [1.165, 1.54) is 27.9 Å². The Morgan fingerprint density at radius 3 is 2.71 bits per heavy atom. The molecule has 4 rings (SSSR count). The van der Waals surface area contributed by atoms with Crippen LogP contribution in [0.2, 0.25) is 0 Å². The molecule has 0 spiro atoms. The number of nitrogens with zero attached hydrogens (tertiary/aromatic N) is 2. The standard InChI is InChI=1S/C24H27FN4O4S/c1-24(2,3)33-23(32)28-16-9-8-14(25)12-17(16)27-19(30)10-11-29-13-26-21-20(22(29)31)15-6-4-5-7-18(15)34-21/h8-9,12-13H,4-7,10-11H2,1-3H3,(H,27,30)(H,28,32). The quantitative estimate of drug-likeness (QED) is 0.537. The van der Waals surface area contributed by atoms with E-state index in [0.717, 1.165) is 42.1 Å². The van der Waals surface area contributed by atoms with Gasteiger partial charge in [-0.2, -0.15) is 0 Å². The predicted octanol–water partition coefficient (Wildman–Crippen LogP) is 4.85. The second kappa shape index (κ2) is 9.54. The van der Waals surface area contributed by atoms with E-state index in [4.69, 9.17) is 4.74 Å². The van der Waals surface area contributed by atoms with Gasteiger partial charge in [0, 0.05) is 17.8 Å². The van der Waals surface area contributed by atoms with E-state index in [9.17, 15) is 18.8 Å². The van der Waals surface area contributed by atoms with E-state index in [-0.39, 0.29) is 29.9 Å². The molecular weight excluding hydrogens is 459 g/mol.